The molecule has 3 atom stereocenters. The summed E-state index contributed by atoms with van der Waals surface area (Å²) in [7, 11) is 1.29. The van der Waals surface area contributed by atoms with Crippen molar-refractivity contribution in [2.45, 2.75) is 289 Å². The van der Waals surface area contributed by atoms with Crippen LogP contribution in [0.3, 0.4) is 0 Å². The summed E-state index contributed by atoms with van der Waals surface area (Å²) < 4.78 is 23.5. The van der Waals surface area contributed by atoms with Crippen molar-refractivity contribution in [2.24, 2.45) is 0 Å². The third-order valence-corrected chi connectivity index (χ3v) is 15.2. The molecule has 9 heteroatoms. The van der Waals surface area contributed by atoms with Gasteiger partial charge >= 0.3 is 0 Å². The highest BCUT2D eigenvalue weighted by atomic mass is 31.2. The fourth-order valence-corrected chi connectivity index (χ4v) is 9.93. The summed E-state index contributed by atoms with van der Waals surface area (Å²) in [5.74, 6) is -0.173. The van der Waals surface area contributed by atoms with Crippen LogP contribution < -0.4 is 10.2 Å². The lowest BCUT2D eigenvalue weighted by molar-refractivity contribution is -0.870. The molecular weight excluding hydrogens is 996 g/mol. The van der Waals surface area contributed by atoms with Crippen LogP contribution in [-0.2, 0) is 18.4 Å². The van der Waals surface area contributed by atoms with Crippen molar-refractivity contribution < 1.29 is 32.9 Å². The molecule has 0 rings (SSSR count). The maximum atomic E-state index is 13.0. The number of unbranched alkanes of at least 4 members (excludes halogenated alkanes) is 28. The van der Waals surface area contributed by atoms with Crippen LogP contribution in [0.25, 0.3) is 0 Å². The number of hydrogen-bond acceptors (Lipinski definition) is 6. The molecule has 8 nitrogen and oxygen atoms in total. The summed E-state index contributed by atoms with van der Waals surface area (Å²) in [6.07, 6.45) is 87.1. The first-order chi connectivity index (χ1) is 38.5. The number of allylic oxidation sites excluding steroid dienone is 18. The van der Waals surface area contributed by atoms with Gasteiger partial charge in [0.15, 0.2) is 0 Å². The number of nitrogens with zero attached hydrogens (tertiary/aromatic N) is 1. The average Bonchev–Trinajstić information content (AvgIpc) is 3.42. The predicted octanol–water partition coefficient (Wildman–Crippen LogP) is 20.1. The molecule has 79 heavy (non-hydrogen) atoms. The Morgan fingerprint density at radius 3 is 1.13 bits per heavy atom. The highest BCUT2D eigenvalue weighted by molar-refractivity contribution is 7.45. The first kappa shape index (κ1) is 76.2. The molecule has 0 aliphatic rings. The van der Waals surface area contributed by atoms with Crippen LogP contribution in [0.4, 0.5) is 0 Å². The Bertz CT molecular complexity index is 1650. The van der Waals surface area contributed by atoms with Crippen LogP contribution >= 0.6 is 7.82 Å². The monoisotopic (exact) mass is 1120 g/mol. The smallest absolute Gasteiger partial charge is 0.268 e. The van der Waals surface area contributed by atoms with E-state index in [0.717, 1.165) is 103 Å². The van der Waals surface area contributed by atoms with Gasteiger partial charge in [-0.25, -0.2) is 0 Å². The van der Waals surface area contributed by atoms with Gasteiger partial charge in [-0.15, -0.1) is 0 Å². The Kier molecular flexibility index (Phi) is 57.6. The maximum Gasteiger partial charge on any atom is 0.268 e. The molecule has 0 radical (unpaired) electrons. The first-order valence-corrected chi connectivity index (χ1v) is 34.2. The average molecular weight is 1120 g/mol. The minimum absolute atomic E-state index is 0.00662. The van der Waals surface area contributed by atoms with Gasteiger partial charge in [0.05, 0.1) is 39.9 Å². The summed E-state index contributed by atoms with van der Waals surface area (Å²) in [5, 5.41) is 14.1. The van der Waals surface area contributed by atoms with Crippen LogP contribution in [0.1, 0.15) is 277 Å². The molecule has 0 aliphatic carbocycles. The Morgan fingerprint density at radius 2 is 0.772 bits per heavy atom. The summed E-state index contributed by atoms with van der Waals surface area (Å²) in [5.41, 5.74) is 0. The van der Waals surface area contributed by atoms with Crippen molar-refractivity contribution in [1.82, 2.24) is 5.32 Å². The van der Waals surface area contributed by atoms with Gasteiger partial charge in [-0.1, -0.05) is 297 Å². The second kappa shape index (κ2) is 59.8. The van der Waals surface area contributed by atoms with Gasteiger partial charge in [0.2, 0.25) is 5.91 Å². The van der Waals surface area contributed by atoms with Crippen LogP contribution in [-0.4, -0.2) is 68.5 Å². The van der Waals surface area contributed by atoms with E-state index in [1.807, 2.05) is 21.1 Å². The summed E-state index contributed by atoms with van der Waals surface area (Å²) in [6, 6.07) is -0.812. The van der Waals surface area contributed by atoms with Crippen LogP contribution in [0.15, 0.2) is 109 Å². The van der Waals surface area contributed by atoms with Crippen LogP contribution in [0, 0.1) is 0 Å². The Balaban J connectivity index is 4.12. The van der Waals surface area contributed by atoms with Gasteiger partial charge in [0.25, 0.3) is 7.82 Å². The first-order valence-electron chi connectivity index (χ1n) is 32.7. The van der Waals surface area contributed by atoms with Crippen LogP contribution in [0.2, 0.25) is 0 Å². The molecule has 1 amide bonds. The fraction of sp³-hybridized carbons (Fsp3) is 0.729. The SMILES string of the molecule is CC/C=C\C/C=C\C/C=C\C/C=C\C/C=C\C/C=C\C/C=C\C/C=C\C/C=C\CCCCCCCCCCCC(=O)NC(COP(=O)([O-])OCC[N+](C)(C)C)C(O)CCCCCCCCCCCCCCCCCCCCCC. The van der Waals surface area contributed by atoms with Gasteiger partial charge in [-0.05, 0) is 83.5 Å². The van der Waals surface area contributed by atoms with Crippen molar-refractivity contribution in [1.29, 1.82) is 0 Å². The lowest BCUT2D eigenvalue weighted by atomic mass is 10.0. The van der Waals surface area contributed by atoms with E-state index in [0.29, 0.717) is 23.9 Å². The van der Waals surface area contributed by atoms with Crippen molar-refractivity contribution in [3.8, 4) is 0 Å². The quantitative estimate of drug-likeness (QED) is 0.0272. The van der Waals surface area contributed by atoms with E-state index in [2.05, 4.69) is 129 Å². The van der Waals surface area contributed by atoms with E-state index >= 15 is 0 Å². The standard InChI is InChI=1S/C70H125N2O6P/c1-6-8-10-12-14-16-18-20-22-24-26-28-29-30-31-32-33-34-35-36-37-38-39-40-41-42-43-44-46-48-50-52-54-56-58-60-62-64-70(74)71-68(67-78-79(75,76)77-66-65-72(3,4)5)69(73)63-61-59-57-55-53-51-49-47-45-27-25-23-21-19-17-15-13-11-9-7-2/h8,10,14,16,20,22,26,28,30-31,33-34,36-37,39-40,42-43,68-69,73H,6-7,9,11-13,15,17-19,21,23-25,27,29,32,35,38,41,44-67H2,1-5H3,(H-,71,74,75,76)/b10-8-,16-14-,22-20-,28-26-,31-30-,34-33-,37-36-,40-39-,43-42-. The van der Waals surface area contributed by atoms with Gasteiger partial charge < -0.3 is 28.8 Å². The second-order valence-electron chi connectivity index (χ2n) is 23.1. The molecule has 456 valence electrons. The Morgan fingerprint density at radius 1 is 0.456 bits per heavy atom. The molecule has 0 aliphatic heterocycles. The van der Waals surface area contributed by atoms with Gasteiger partial charge in [-0.3, -0.25) is 9.36 Å². The molecule has 0 fully saturated rings. The van der Waals surface area contributed by atoms with E-state index in [4.69, 9.17) is 9.05 Å². The number of likely N-dealkylation sites (N-methyl/N-ethyl adjacent to an activating group) is 1. The van der Waals surface area contributed by atoms with Gasteiger partial charge in [0, 0.05) is 6.42 Å². The summed E-state index contributed by atoms with van der Waals surface area (Å²) >= 11 is 0. The maximum absolute atomic E-state index is 13.0. The number of aliphatic hydroxyl groups is 1. The molecular formula is C70H125N2O6P. The highest BCUT2D eigenvalue weighted by Gasteiger charge is 2.24. The molecule has 0 saturated heterocycles. The molecule has 0 saturated carbocycles. The molecule has 2 N–H and O–H groups in total. The fourth-order valence-electron chi connectivity index (χ4n) is 9.21. The number of phosphoric acid groups is 1. The van der Waals surface area contributed by atoms with Crippen LogP contribution in [0.5, 0.6) is 0 Å². The number of hydrogen-bond donors (Lipinski definition) is 2. The molecule has 0 heterocycles. The number of aliphatic hydroxyl groups excluding tert-OH is 1. The van der Waals surface area contributed by atoms with Crippen molar-refractivity contribution in [3.63, 3.8) is 0 Å². The third-order valence-electron chi connectivity index (χ3n) is 14.3. The summed E-state index contributed by atoms with van der Waals surface area (Å²) in [4.78, 5) is 25.6. The van der Waals surface area contributed by atoms with E-state index in [1.165, 1.54) is 148 Å². The largest absolute Gasteiger partial charge is 0.756 e. The third kappa shape index (κ3) is 62.6. The zero-order valence-corrected chi connectivity index (χ0v) is 52.9. The van der Waals surface area contributed by atoms with E-state index in [-0.39, 0.29) is 19.1 Å². The summed E-state index contributed by atoms with van der Waals surface area (Å²) in [6.45, 7) is 4.62. The molecule has 0 bridgehead atoms. The van der Waals surface area contributed by atoms with Gasteiger partial charge in [0.1, 0.15) is 13.2 Å². The molecule has 0 spiro atoms. The number of amides is 1. The van der Waals surface area contributed by atoms with Gasteiger partial charge in [-0.2, -0.15) is 0 Å². The lowest BCUT2D eigenvalue weighted by Crippen LogP contribution is -2.46. The van der Waals surface area contributed by atoms with E-state index in [1.54, 1.807) is 0 Å². The predicted molar refractivity (Wildman–Crippen MR) is 343 cm³/mol. The Labute approximate surface area is 489 Å². The number of carbonyl (C=O) groups is 1. The molecule has 0 aromatic carbocycles. The number of nitrogens with one attached hydrogen (secondary N) is 1. The molecule has 3 unspecified atom stereocenters. The van der Waals surface area contributed by atoms with Crippen molar-refractivity contribution >= 4 is 13.7 Å². The number of carbonyl (C=O) groups excluding carboxylic acids is 1. The lowest BCUT2D eigenvalue weighted by Gasteiger charge is -2.30. The number of phosphoric ester groups is 1. The van der Waals surface area contributed by atoms with E-state index in [9.17, 15) is 19.4 Å². The minimum atomic E-state index is -4.59. The molecule has 0 aromatic rings. The topological polar surface area (TPSA) is 108 Å². The van der Waals surface area contributed by atoms with E-state index < -0.39 is 20.0 Å². The van der Waals surface area contributed by atoms with Crippen molar-refractivity contribution in [2.75, 3.05) is 40.9 Å². The zero-order valence-electron chi connectivity index (χ0n) is 52.0. The second-order valence-corrected chi connectivity index (χ2v) is 24.5. The number of quaternary nitrogens is 1. The number of rotatable bonds is 59. The normalized spacial score (nSPS) is 14.5. The highest BCUT2D eigenvalue weighted by Crippen LogP contribution is 2.38. The van der Waals surface area contributed by atoms with Crippen molar-refractivity contribution in [3.05, 3.63) is 109 Å². The molecule has 0 aromatic heterocycles. The Hall–Kier alpha value is -2.84. The zero-order chi connectivity index (χ0) is 57.7. The minimum Gasteiger partial charge on any atom is -0.756 e.